The molecule has 0 heterocycles. The molecule has 59 valence electrons. The molecule has 3 heteroatoms. The van der Waals surface area contributed by atoms with Gasteiger partial charge in [-0.25, -0.2) is 0 Å². The number of hydrogen-bond donors (Lipinski definition) is 0. The molecule has 3 radical (unpaired) electrons. The van der Waals surface area contributed by atoms with Crippen molar-refractivity contribution in [2.75, 3.05) is 20.6 Å². The highest BCUT2D eigenvalue weighted by atomic mass is 28.2. The Balaban J connectivity index is 3.60. The zero-order chi connectivity index (χ0) is 8.15. The predicted molar refractivity (Wildman–Crippen MR) is 44.0 cm³/mol. The quantitative estimate of drug-likeness (QED) is 0.558. The summed E-state index contributed by atoms with van der Waals surface area (Å²) in [5, 5.41) is 0. The molecule has 1 unspecified atom stereocenters. The molecule has 0 aromatic heterocycles. The summed E-state index contributed by atoms with van der Waals surface area (Å²) < 4.78 is 5.09. The molecule has 0 aliphatic heterocycles. The molecule has 0 bridgehead atoms. The summed E-state index contributed by atoms with van der Waals surface area (Å²) in [6.07, 6.45) is 0.284. The molecule has 0 N–H and O–H groups in total. The van der Waals surface area contributed by atoms with Crippen LogP contribution >= 0.6 is 0 Å². The predicted octanol–water partition coefficient (Wildman–Crippen LogP) is 0.673. The third-order valence-electron chi connectivity index (χ3n) is 1.44. The van der Waals surface area contributed by atoms with Gasteiger partial charge in [0.25, 0.3) is 0 Å². The van der Waals surface area contributed by atoms with Gasteiger partial charge in [0.1, 0.15) is 0 Å². The van der Waals surface area contributed by atoms with Crippen molar-refractivity contribution in [3.8, 4) is 0 Å². The number of nitrogens with zero attached hydrogens (tertiary/aromatic N) is 1. The zero-order valence-corrected chi connectivity index (χ0v) is 8.22. The van der Waals surface area contributed by atoms with E-state index < -0.39 is 0 Å². The molecule has 0 aliphatic rings. The standard InChI is InChI=1S/C7H16NOSi/c1-6(2)7(9-10)5-8(3)4/h6-7H,5H2,1-4H3. The third-order valence-corrected chi connectivity index (χ3v) is 1.74. The normalized spacial score (nSPS) is 14.7. The maximum atomic E-state index is 5.09. The molecule has 0 fully saturated rings. The Hall–Kier alpha value is 0.137. The van der Waals surface area contributed by atoms with Gasteiger partial charge in [0.2, 0.25) is 10.5 Å². The van der Waals surface area contributed by atoms with E-state index in [1.165, 1.54) is 0 Å². The zero-order valence-electron chi connectivity index (χ0n) is 7.22. The van der Waals surface area contributed by atoms with Crippen LogP contribution in [0.5, 0.6) is 0 Å². The Morgan fingerprint density at radius 3 is 2.00 bits per heavy atom. The van der Waals surface area contributed by atoms with Gasteiger partial charge in [-0.1, -0.05) is 13.8 Å². The molecule has 0 spiro atoms. The summed E-state index contributed by atoms with van der Waals surface area (Å²) in [5.41, 5.74) is 0. The molecule has 0 saturated heterocycles. The van der Waals surface area contributed by atoms with Crippen LogP contribution in [0.1, 0.15) is 13.8 Å². The Morgan fingerprint density at radius 1 is 1.40 bits per heavy atom. The van der Waals surface area contributed by atoms with Crippen molar-refractivity contribution in [3.63, 3.8) is 0 Å². The second-order valence-corrected chi connectivity index (χ2v) is 3.40. The molecule has 0 rings (SSSR count). The molecule has 10 heavy (non-hydrogen) atoms. The highest BCUT2D eigenvalue weighted by molar-refractivity contribution is 5.98. The first-order valence-electron chi connectivity index (χ1n) is 3.55. The lowest BCUT2D eigenvalue weighted by molar-refractivity contribution is 0.129. The average Bonchev–Trinajstić information content (AvgIpc) is 1.81. The maximum absolute atomic E-state index is 5.09. The van der Waals surface area contributed by atoms with Gasteiger partial charge in [-0.05, 0) is 20.0 Å². The number of rotatable bonds is 4. The first-order valence-corrected chi connectivity index (χ1v) is 3.96. The largest absolute Gasteiger partial charge is 0.414 e. The smallest absolute Gasteiger partial charge is 0.246 e. The van der Waals surface area contributed by atoms with Crippen molar-refractivity contribution < 1.29 is 4.43 Å². The Kier molecular flexibility index (Phi) is 4.94. The van der Waals surface area contributed by atoms with Crippen LogP contribution in [-0.2, 0) is 4.43 Å². The van der Waals surface area contributed by atoms with Crippen LogP contribution in [0.4, 0.5) is 0 Å². The average molecular weight is 158 g/mol. The van der Waals surface area contributed by atoms with E-state index in [4.69, 9.17) is 4.43 Å². The molecule has 0 aromatic rings. The van der Waals surface area contributed by atoms with Crippen LogP contribution in [0.15, 0.2) is 0 Å². The van der Waals surface area contributed by atoms with Crippen molar-refractivity contribution in [1.82, 2.24) is 4.90 Å². The first kappa shape index (κ1) is 10.1. The molecular weight excluding hydrogens is 142 g/mol. The van der Waals surface area contributed by atoms with E-state index in [0.29, 0.717) is 5.92 Å². The maximum Gasteiger partial charge on any atom is 0.246 e. The van der Waals surface area contributed by atoms with Crippen molar-refractivity contribution in [3.05, 3.63) is 0 Å². The van der Waals surface area contributed by atoms with Gasteiger partial charge >= 0.3 is 0 Å². The van der Waals surface area contributed by atoms with E-state index in [2.05, 4.69) is 29.2 Å². The lowest BCUT2D eigenvalue weighted by atomic mass is 10.1. The van der Waals surface area contributed by atoms with Crippen molar-refractivity contribution >= 4 is 10.5 Å². The van der Waals surface area contributed by atoms with Crippen molar-refractivity contribution in [2.45, 2.75) is 20.0 Å². The molecule has 1 atom stereocenters. The summed E-state index contributed by atoms with van der Waals surface area (Å²) >= 11 is 0. The van der Waals surface area contributed by atoms with Crippen LogP contribution in [0.25, 0.3) is 0 Å². The fourth-order valence-electron chi connectivity index (χ4n) is 0.744. The van der Waals surface area contributed by atoms with E-state index in [1.54, 1.807) is 0 Å². The number of likely N-dealkylation sites (N-methyl/N-ethyl adjacent to an activating group) is 1. The lowest BCUT2D eigenvalue weighted by Crippen LogP contribution is -2.31. The third kappa shape index (κ3) is 4.03. The summed E-state index contributed by atoms with van der Waals surface area (Å²) in [7, 11) is 7.15. The molecule has 0 amide bonds. The van der Waals surface area contributed by atoms with Gasteiger partial charge < -0.3 is 9.33 Å². The highest BCUT2D eigenvalue weighted by Crippen LogP contribution is 2.04. The fourth-order valence-corrected chi connectivity index (χ4v) is 1.09. The topological polar surface area (TPSA) is 12.5 Å². The summed E-state index contributed by atoms with van der Waals surface area (Å²) in [6, 6.07) is 0. The van der Waals surface area contributed by atoms with E-state index in [0.717, 1.165) is 6.54 Å². The van der Waals surface area contributed by atoms with E-state index in [1.807, 2.05) is 14.1 Å². The van der Waals surface area contributed by atoms with Crippen LogP contribution in [0, 0.1) is 5.92 Å². The van der Waals surface area contributed by atoms with Gasteiger partial charge in [0.15, 0.2) is 0 Å². The Labute approximate surface area is 67.1 Å². The van der Waals surface area contributed by atoms with Crippen LogP contribution in [0.2, 0.25) is 0 Å². The fraction of sp³-hybridized carbons (Fsp3) is 1.00. The number of hydrogen-bond acceptors (Lipinski definition) is 2. The lowest BCUT2D eigenvalue weighted by Gasteiger charge is -2.22. The van der Waals surface area contributed by atoms with E-state index >= 15 is 0 Å². The molecule has 0 aromatic carbocycles. The molecule has 0 saturated carbocycles. The van der Waals surface area contributed by atoms with Crippen LogP contribution in [0.3, 0.4) is 0 Å². The van der Waals surface area contributed by atoms with Gasteiger partial charge in [-0.3, -0.25) is 0 Å². The SMILES string of the molecule is CC(C)C(CN(C)C)O[Si]. The molecule has 2 nitrogen and oxygen atoms in total. The molecular formula is C7H16NOSi. The van der Waals surface area contributed by atoms with Gasteiger partial charge in [0.05, 0.1) is 6.10 Å². The monoisotopic (exact) mass is 158 g/mol. The summed E-state index contributed by atoms with van der Waals surface area (Å²) in [6.45, 7) is 5.25. The Bertz CT molecular complexity index is 85.7. The minimum atomic E-state index is 0.284. The van der Waals surface area contributed by atoms with E-state index in [9.17, 15) is 0 Å². The van der Waals surface area contributed by atoms with Crippen LogP contribution in [-0.4, -0.2) is 42.1 Å². The highest BCUT2D eigenvalue weighted by Gasteiger charge is 2.11. The van der Waals surface area contributed by atoms with Crippen molar-refractivity contribution in [1.29, 1.82) is 0 Å². The van der Waals surface area contributed by atoms with Crippen molar-refractivity contribution in [2.24, 2.45) is 5.92 Å². The van der Waals surface area contributed by atoms with Gasteiger partial charge in [0, 0.05) is 6.54 Å². The second kappa shape index (κ2) is 4.88. The Morgan fingerprint density at radius 2 is 1.90 bits per heavy atom. The molecule has 0 aliphatic carbocycles. The minimum Gasteiger partial charge on any atom is -0.414 e. The second-order valence-electron chi connectivity index (χ2n) is 3.16. The summed E-state index contributed by atoms with van der Waals surface area (Å²) in [5.74, 6) is 0.555. The van der Waals surface area contributed by atoms with Gasteiger partial charge in [-0.15, -0.1) is 0 Å². The summed E-state index contributed by atoms with van der Waals surface area (Å²) in [4.78, 5) is 2.12. The first-order chi connectivity index (χ1) is 4.57. The van der Waals surface area contributed by atoms with E-state index in [-0.39, 0.29) is 6.10 Å². The van der Waals surface area contributed by atoms with Gasteiger partial charge in [-0.2, -0.15) is 0 Å². The van der Waals surface area contributed by atoms with Crippen LogP contribution < -0.4 is 0 Å². The minimum absolute atomic E-state index is 0.284.